The predicted molar refractivity (Wildman–Crippen MR) is 168 cm³/mol. The number of hydrogen-bond donors (Lipinski definition) is 1. The molecule has 1 heterocycles. The predicted octanol–water partition coefficient (Wildman–Crippen LogP) is 7.06. The fourth-order valence-corrected chi connectivity index (χ4v) is 4.74. The SMILES string of the molecule is C/C=C(\C=C/CCl)C1CCN(C(=O)C(/C=C\C(C)N=C(C)c2ccccc2)=C/C(C)N=CCCCCC(=O)O)C1. The number of amides is 1. The van der Waals surface area contributed by atoms with E-state index in [-0.39, 0.29) is 30.3 Å². The Labute approximate surface area is 244 Å². The minimum Gasteiger partial charge on any atom is -0.481 e. The van der Waals surface area contributed by atoms with Crippen LogP contribution in [-0.2, 0) is 9.59 Å². The highest BCUT2D eigenvalue weighted by Crippen LogP contribution is 2.26. The molecule has 0 radical (unpaired) electrons. The second kappa shape index (κ2) is 18.2. The molecule has 1 N–H and O–H groups in total. The van der Waals surface area contributed by atoms with E-state index in [1.807, 2.05) is 93.4 Å². The minimum absolute atomic E-state index is 0.00463. The lowest BCUT2D eigenvalue weighted by molar-refractivity contribution is -0.137. The molecule has 0 spiro atoms. The van der Waals surface area contributed by atoms with Gasteiger partial charge in [0.25, 0.3) is 5.91 Å². The Balaban J connectivity index is 2.18. The van der Waals surface area contributed by atoms with E-state index in [9.17, 15) is 9.59 Å². The lowest BCUT2D eigenvalue weighted by Gasteiger charge is -2.18. The van der Waals surface area contributed by atoms with Crippen molar-refractivity contribution < 1.29 is 14.7 Å². The number of rotatable bonds is 15. The van der Waals surface area contributed by atoms with Crippen LogP contribution < -0.4 is 0 Å². The van der Waals surface area contributed by atoms with Gasteiger partial charge in [-0.25, -0.2) is 0 Å². The molecule has 1 amide bonds. The van der Waals surface area contributed by atoms with E-state index in [1.165, 1.54) is 5.57 Å². The molecular weight excluding hydrogens is 522 g/mol. The molecule has 0 aliphatic carbocycles. The van der Waals surface area contributed by atoms with Gasteiger partial charge in [-0.3, -0.25) is 19.6 Å². The first-order chi connectivity index (χ1) is 19.2. The van der Waals surface area contributed by atoms with E-state index in [0.717, 1.165) is 24.1 Å². The van der Waals surface area contributed by atoms with Gasteiger partial charge in [-0.2, -0.15) is 0 Å². The maximum absolute atomic E-state index is 13.7. The summed E-state index contributed by atoms with van der Waals surface area (Å²) in [5, 5.41) is 8.79. The third-order valence-corrected chi connectivity index (χ3v) is 6.98. The summed E-state index contributed by atoms with van der Waals surface area (Å²) in [6.45, 7) is 9.35. The second-order valence-corrected chi connectivity index (χ2v) is 10.4. The van der Waals surface area contributed by atoms with Crippen molar-refractivity contribution in [2.75, 3.05) is 19.0 Å². The number of alkyl halides is 1. The first-order valence-corrected chi connectivity index (χ1v) is 14.7. The first-order valence-electron chi connectivity index (χ1n) is 14.2. The van der Waals surface area contributed by atoms with Crippen LogP contribution in [-0.4, -0.2) is 64.9 Å². The Morgan fingerprint density at radius 1 is 1.15 bits per heavy atom. The van der Waals surface area contributed by atoms with Gasteiger partial charge >= 0.3 is 5.97 Å². The molecule has 3 atom stereocenters. The third kappa shape index (κ3) is 11.9. The van der Waals surface area contributed by atoms with Crippen LogP contribution in [0.2, 0.25) is 0 Å². The summed E-state index contributed by atoms with van der Waals surface area (Å²) in [7, 11) is 0. The summed E-state index contributed by atoms with van der Waals surface area (Å²) in [6, 6.07) is 9.76. The number of hydrogen-bond acceptors (Lipinski definition) is 4. The summed E-state index contributed by atoms with van der Waals surface area (Å²) in [6.07, 6.45) is 16.9. The van der Waals surface area contributed by atoms with Gasteiger partial charge in [0.15, 0.2) is 0 Å². The van der Waals surface area contributed by atoms with E-state index in [4.69, 9.17) is 21.7 Å². The van der Waals surface area contributed by atoms with Crippen LogP contribution in [0, 0.1) is 5.92 Å². The van der Waals surface area contributed by atoms with E-state index < -0.39 is 5.97 Å². The third-order valence-electron chi connectivity index (χ3n) is 6.80. The van der Waals surface area contributed by atoms with Crippen LogP contribution in [0.5, 0.6) is 0 Å². The van der Waals surface area contributed by atoms with Crippen molar-refractivity contribution in [3.8, 4) is 0 Å². The zero-order valence-electron chi connectivity index (χ0n) is 24.3. The monoisotopic (exact) mass is 565 g/mol. The number of carboxylic acids is 1. The maximum atomic E-state index is 13.7. The molecule has 3 unspecified atom stereocenters. The zero-order valence-corrected chi connectivity index (χ0v) is 25.1. The van der Waals surface area contributed by atoms with Gasteiger partial charge in [-0.15, -0.1) is 11.6 Å². The molecule has 6 nitrogen and oxygen atoms in total. The Morgan fingerprint density at radius 3 is 2.58 bits per heavy atom. The highest BCUT2D eigenvalue weighted by molar-refractivity contribution is 6.18. The van der Waals surface area contributed by atoms with E-state index >= 15 is 0 Å². The zero-order chi connectivity index (χ0) is 29.3. The molecule has 0 bridgehead atoms. The molecule has 1 aliphatic heterocycles. The summed E-state index contributed by atoms with van der Waals surface area (Å²) in [5.74, 6) is -0.0272. The van der Waals surface area contributed by atoms with Crippen molar-refractivity contribution in [2.24, 2.45) is 15.9 Å². The first kappa shape index (κ1) is 33.0. The standard InChI is InChI=1S/C33H44ClN3O3/c1-5-28(15-12-20-34)31-19-22-37(24-31)33(40)30(23-26(3)35-21-11-7-10-16-32(38)39)18-17-25(2)36-27(4)29-13-8-6-9-14-29/h5-6,8-9,12-15,17-18,21,23,25-26,31H,7,10-11,16,19-20,22,24H2,1-4H3,(H,38,39)/b15-12-,18-17-,28-5+,30-23+,35-21?,36-27?. The molecule has 1 aromatic rings. The van der Waals surface area contributed by atoms with Crippen LogP contribution in [0.4, 0.5) is 0 Å². The number of aliphatic carboxylic acids is 1. The van der Waals surface area contributed by atoms with Crippen molar-refractivity contribution in [3.63, 3.8) is 0 Å². The topological polar surface area (TPSA) is 82.3 Å². The maximum Gasteiger partial charge on any atom is 0.303 e. The van der Waals surface area contributed by atoms with E-state index in [2.05, 4.69) is 17.1 Å². The van der Waals surface area contributed by atoms with Gasteiger partial charge in [-0.05, 0) is 76.8 Å². The van der Waals surface area contributed by atoms with Crippen LogP contribution in [0.3, 0.4) is 0 Å². The summed E-state index contributed by atoms with van der Waals surface area (Å²) >= 11 is 5.84. The normalized spacial score (nSPS) is 18.8. The number of carbonyl (C=O) groups excluding carboxylic acids is 1. The van der Waals surface area contributed by atoms with Crippen LogP contribution >= 0.6 is 11.6 Å². The van der Waals surface area contributed by atoms with Gasteiger partial charge in [0.05, 0.1) is 12.1 Å². The highest BCUT2D eigenvalue weighted by atomic mass is 35.5. The number of benzene rings is 1. The number of likely N-dealkylation sites (tertiary alicyclic amines) is 1. The van der Waals surface area contributed by atoms with Crippen molar-refractivity contribution in [2.45, 2.75) is 71.9 Å². The quantitative estimate of drug-likeness (QED) is 0.0812. The van der Waals surface area contributed by atoms with Gasteiger partial charge in [0.1, 0.15) is 0 Å². The Hall–Kier alpha value is -3.25. The lowest BCUT2D eigenvalue weighted by Crippen LogP contribution is -2.30. The van der Waals surface area contributed by atoms with Crippen molar-refractivity contribution in [1.29, 1.82) is 0 Å². The molecule has 40 heavy (non-hydrogen) atoms. The number of unbranched alkanes of at least 4 members (excludes halogenated alkanes) is 2. The van der Waals surface area contributed by atoms with Crippen LogP contribution in [0.1, 0.15) is 65.4 Å². The Bertz CT molecular complexity index is 1130. The lowest BCUT2D eigenvalue weighted by atomic mass is 9.97. The number of aliphatic imine (C=N–C) groups is 2. The number of halogens is 1. The molecular formula is C33H44ClN3O3. The molecule has 1 saturated heterocycles. The average Bonchev–Trinajstić information content (AvgIpc) is 3.43. The number of carboxylic acid groups (broad SMARTS) is 1. The van der Waals surface area contributed by atoms with Crippen LogP contribution in [0.15, 0.2) is 87.9 Å². The highest BCUT2D eigenvalue weighted by Gasteiger charge is 2.28. The molecule has 1 fully saturated rings. The molecule has 216 valence electrons. The average molecular weight is 566 g/mol. The molecule has 2 rings (SSSR count). The number of nitrogens with zero attached hydrogens (tertiary/aromatic N) is 3. The molecule has 1 aromatic carbocycles. The van der Waals surface area contributed by atoms with Crippen molar-refractivity contribution in [3.05, 3.63) is 83.5 Å². The Morgan fingerprint density at radius 2 is 1.90 bits per heavy atom. The van der Waals surface area contributed by atoms with E-state index in [1.54, 1.807) is 0 Å². The largest absolute Gasteiger partial charge is 0.481 e. The number of allylic oxidation sites excluding steroid dienone is 3. The van der Waals surface area contributed by atoms with Gasteiger partial charge < -0.3 is 10.0 Å². The van der Waals surface area contributed by atoms with Crippen molar-refractivity contribution >= 4 is 35.4 Å². The van der Waals surface area contributed by atoms with Gasteiger partial charge in [0.2, 0.25) is 0 Å². The summed E-state index contributed by atoms with van der Waals surface area (Å²) in [5.41, 5.74) is 3.83. The summed E-state index contributed by atoms with van der Waals surface area (Å²) < 4.78 is 0. The van der Waals surface area contributed by atoms with Gasteiger partial charge in [0, 0.05) is 42.6 Å². The molecule has 7 heteroatoms. The minimum atomic E-state index is -0.776. The van der Waals surface area contributed by atoms with E-state index in [0.29, 0.717) is 37.4 Å². The fraction of sp³-hybridized carbons (Fsp3) is 0.455. The van der Waals surface area contributed by atoms with Crippen molar-refractivity contribution in [1.82, 2.24) is 4.90 Å². The second-order valence-electron chi connectivity index (χ2n) is 10.1. The summed E-state index contributed by atoms with van der Waals surface area (Å²) in [4.78, 5) is 35.7. The van der Waals surface area contributed by atoms with Gasteiger partial charge in [-0.1, -0.05) is 60.7 Å². The molecule has 0 saturated carbocycles. The smallest absolute Gasteiger partial charge is 0.303 e. The number of carbonyl (C=O) groups is 2. The van der Waals surface area contributed by atoms with Crippen LogP contribution in [0.25, 0.3) is 0 Å². The molecule has 1 aliphatic rings. The Kier molecular flexibility index (Phi) is 15.0. The molecule has 0 aromatic heterocycles. The fourth-order valence-electron chi connectivity index (χ4n) is 4.65.